The Morgan fingerprint density at radius 2 is 2.29 bits per heavy atom. The van der Waals surface area contributed by atoms with Gasteiger partial charge in [0, 0.05) is 17.1 Å². The van der Waals surface area contributed by atoms with Crippen LogP contribution in [-0.2, 0) is 0 Å². The predicted molar refractivity (Wildman–Crippen MR) is 57.1 cm³/mol. The number of halogens is 1. The van der Waals surface area contributed by atoms with Crippen molar-refractivity contribution in [1.29, 1.82) is 0 Å². The molecule has 0 spiro atoms. The lowest BCUT2D eigenvalue weighted by atomic mass is 9.95. The molecule has 2 nitrogen and oxygen atoms in total. The van der Waals surface area contributed by atoms with Crippen LogP contribution in [0.2, 0.25) is 5.02 Å². The minimum atomic E-state index is 0.131. The average Bonchev–Trinajstić information content (AvgIpc) is 2.28. The minimum Gasteiger partial charge on any atom is -0.309 e. The van der Waals surface area contributed by atoms with Gasteiger partial charge in [-0.3, -0.25) is 4.79 Å². The maximum atomic E-state index is 11.7. The highest BCUT2D eigenvalue weighted by atomic mass is 35.5. The molecule has 0 saturated carbocycles. The lowest BCUT2D eigenvalue weighted by Crippen LogP contribution is -2.22. The summed E-state index contributed by atoms with van der Waals surface area (Å²) >= 11 is 5.87. The molecule has 0 amide bonds. The van der Waals surface area contributed by atoms with Gasteiger partial charge in [0.25, 0.3) is 0 Å². The van der Waals surface area contributed by atoms with Gasteiger partial charge in [0.05, 0.1) is 6.54 Å². The van der Waals surface area contributed by atoms with Crippen molar-refractivity contribution >= 4 is 17.4 Å². The number of hydrogen-bond donors (Lipinski definition) is 1. The number of Topliss-reactive ketones (excluding diaryl/α,β-unsaturated/α-hetero) is 1. The monoisotopic (exact) mass is 209 g/mol. The molecule has 1 aliphatic rings. The maximum absolute atomic E-state index is 11.7. The Bertz CT molecular complexity index is 376. The van der Waals surface area contributed by atoms with Crippen molar-refractivity contribution in [1.82, 2.24) is 5.32 Å². The van der Waals surface area contributed by atoms with Crippen LogP contribution in [0.25, 0.3) is 0 Å². The first kappa shape index (κ1) is 9.69. The molecular weight excluding hydrogens is 198 g/mol. The van der Waals surface area contributed by atoms with Gasteiger partial charge in [-0.15, -0.1) is 0 Å². The summed E-state index contributed by atoms with van der Waals surface area (Å²) in [7, 11) is 0. The molecule has 0 saturated heterocycles. The van der Waals surface area contributed by atoms with Crippen LogP contribution in [0.1, 0.15) is 28.8 Å². The summed E-state index contributed by atoms with van der Waals surface area (Å²) in [5.74, 6) is 0.501. The minimum absolute atomic E-state index is 0.131. The second-order valence-electron chi connectivity index (χ2n) is 3.69. The van der Waals surface area contributed by atoms with Crippen molar-refractivity contribution in [3.8, 4) is 0 Å². The molecule has 1 heterocycles. The zero-order valence-electron chi connectivity index (χ0n) is 8.01. The highest BCUT2D eigenvalue weighted by Crippen LogP contribution is 2.24. The zero-order valence-corrected chi connectivity index (χ0v) is 8.77. The summed E-state index contributed by atoms with van der Waals surface area (Å²) in [5, 5.41) is 3.75. The summed E-state index contributed by atoms with van der Waals surface area (Å²) in [4.78, 5) is 11.7. The second-order valence-corrected chi connectivity index (χ2v) is 4.12. The molecule has 0 fully saturated rings. The fraction of sp³-hybridized carbons (Fsp3) is 0.364. The topological polar surface area (TPSA) is 29.1 Å². The molecule has 1 unspecified atom stereocenters. The van der Waals surface area contributed by atoms with Crippen LogP contribution >= 0.6 is 11.6 Å². The van der Waals surface area contributed by atoms with Crippen molar-refractivity contribution in [2.75, 3.05) is 13.1 Å². The number of hydrogen-bond acceptors (Lipinski definition) is 2. The molecule has 2 rings (SSSR count). The van der Waals surface area contributed by atoms with E-state index in [1.165, 1.54) is 0 Å². The Labute approximate surface area is 88.3 Å². The molecule has 1 aromatic rings. The Hall–Kier alpha value is -0.860. The number of fused-ring (bicyclic) bond motifs is 1. The molecule has 1 atom stereocenters. The first-order valence-corrected chi connectivity index (χ1v) is 5.09. The number of carbonyl (C=O) groups is 1. The van der Waals surface area contributed by atoms with Gasteiger partial charge in [-0.2, -0.15) is 0 Å². The fourth-order valence-electron chi connectivity index (χ4n) is 1.81. The van der Waals surface area contributed by atoms with E-state index in [2.05, 4.69) is 12.2 Å². The lowest BCUT2D eigenvalue weighted by molar-refractivity contribution is 0.0994. The van der Waals surface area contributed by atoms with E-state index < -0.39 is 0 Å². The highest BCUT2D eigenvalue weighted by molar-refractivity contribution is 6.31. The molecule has 14 heavy (non-hydrogen) atoms. The second kappa shape index (κ2) is 3.71. The predicted octanol–water partition coefficient (Wildman–Crippen LogP) is 2.23. The van der Waals surface area contributed by atoms with Crippen molar-refractivity contribution in [3.63, 3.8) is 0 Å². The Kier molecular flexibility index (Phi) is 2.57. The number of carbonyl (C=O) groups excluding carboxylic acids is 1. The van der Waals surface area contributed by atoms with Crippen LogP contribution < -0.4 is 5.32 Å². The normalized spacial score (nSPS) is 21.6. The van der Waals surface area contributed by atoms with E-state index in [1.807, 2.05) is 12.1 Å². The van der Waals surface area contributed by atoms with E-state index in [0.29, 0.717) is 17.5 Å². The van der Waals surface area contributed by atoms with Crippen molar-refractivity contribution in [3.05, 3.63) is 34.3 Å². The molecule has 0 bridgehead atoms. The van der Waals surface area contributed by atoms with Gasteiger partial charge in [0.2, 0.25) is 0 Å². The van der Waals surface area contributed by atoms with Crippen LogP contribution in [0.5, 0.6) is 0 Å². The van der Waals surface area contributed by atoms with Crippen molar-refractivity contribution < 1.29 is 4.79 Å². The van der Waals surface area contributed by atoms with Gasteiger partial charge >= 0.3 is 0 Å². The lowest BCUT2D eigenvalue weighted by Gasteiger charge is -2.10. The molecule has 1 aromatic carbocycles. The maximum Gasteiger partial charge on any atom is 0.176 e. The molecule has 0 radical (unpaired) electrons. The van der Waals surface area contributed by atoms with Crippen LogP contribution in [0, 0.1) is 0 Å². The summed E-state index contributed by atoms with van der Waals surface area (Å²) in [5.41, 5.74) is 1.87. The largest absolute Gasteiger partial charge is 0.309 e. The van der Waals surface area contributed by atoms with Gasteiger partial charge in [-0.1, -0.05) is 24.6 Å². The molecule has 0 aliphatic carbocycles. The number of benzene rings is 1. The SMILES string of the molecule is CC1CNCC(=O)c2cc(Cl)ccc21. The third-order valence-electron chi connectivity index (χ3n) is 2.58. The Balaban J connectivity index is 2.54. The highest BCUT2D eigenvalue weighted by Gasteiger charge is 2.19. The first-order valence-electron chi connectivity index (χ1n) is 4.72. The summed E-state index contributed by atoms with van der Waals surface area (Å²) < 4.78 is 0. The van der Waals surface area contributed by atoms with Gasteiger partial charge in [-0.05, 0) is 23.6 Å². The van der Waals surface area contributed by atoms with Crippen molar-refractivity contribution in [2.45, 2.75) is 12.8 Å². The first-order chi connectivity index (χ1) is 6.68. The number of ketones is 1. The van der Waals surface area contributed by atoms with Crippen LogP contribution in [0.15, 0.2) is 18.2 Å². The standard InChI is InChI=1S/C11H12ClNO/c1-7-5-13-6-11(14)10-4-8(12)2-3-9(7)10/h2-4,7,13H,5-6H2,1H3. The van der Waals surface area contributed by atoms with E-state index in [0.717, 1.165) is 17.7 Å². The van der Waals surface area contributed by atoms with E-state index in [1.54, 1.807) is 6.07 Å². The third kappa shape index (κ3) is 1.68. The molecule has 3 heteroatoms. The van der Waals surface area contributed by atoms with Gasteiger partial charge in [0.1, 0.15) is 0 Å². The van der Waals surface area contributed by atoms with E-state index in [4.69, 9.17) is 11.6 Å². The van der Waals surface area contributed by atoms with E-state index in [9.17, 15) is 4.79 Å². The van der Waals surface area contributed by atoms with Gasteiger partial charge in [0.15, 0.2) is 5.78 Å². The molecule has 74 valence electrons. The van der Waals surface area contributed by atoms with E-state index in [-0.39, 0.29) is 5.78 Å². The third-order valence-corrected chi connectivity index (χ3v) is 2.82. The molecule has 0 aromatic heterocycles. The van der Waals surface area contributed by atoms with Crippen LogP contribution in [0.3, 0.4) is 0 Å². The zero-order chi connectivity index (χ0) is 10.1. The summed E-state index contributed by atoms with van der Waals surface area (Å²) in [6.45, 7) is 3.37. The summed E-state index contributed by atoms with van der Waals surface area (Å²) in [6.07, 6.45) is 0. The van der Waals surface area contributed by atoms with Crippen molar-refractivity contribution in [2.24, 2.45) is 0 Å². The Morgan fingerprint density at radius 3 is 3.07 bits per heavy atom. The molecular formula is C11H12ClNO. The quantitative estimate of drug-likeness (QED) is 0.710. The van der Waals surface area contributed by atoms with E-state index >= 15 is 0 Å². The number of nitrogens with one attached hydrogen (secondary N) is 1. The van der Waals surface area contributed by atoms with Crippen LogP contribution in [0.4, 0.5) is 0 Å². The summed E-state index contributed by atoms with van der Waals surface area (Å²) in [6, 6.07) is 5.56. The molecule has 1 aliphatic heterocycles. The smallest absolute Gasteiger partial charge is 0.176 e. The number of rotatable bonds is 0. The fourth-order valence-corrected chi connectivity index (χ4v) is 1.98. The molecule has 1 N–H and O–H groups in total. The van der Waals surface area contributed by atoms with Gasteiger partial charge < -0.3 is 5.32 Å². The Morgan fingerprint density at radius 1 is 1.50 bits per heavy atom. The van der Waals surface area contributed by atoms with Crippen LogP contribution in [-0.4, -0.2) is 18.9 Å². The average molecular weight is 210 g/mol. The van der Waals surface area contributed by atoms with Gasteiger partial charge in [-0.25, -0.2) is 0 Å².